The van der Waals surface area contributed by atoms with E-state index in [1.165, 1.54) is 22.6 Å². The molecule has 0 amide bonds. The summed E-state index contributed by atoms with van der Waals surface area (Å²) < 4.78 is 0. The zero-order valence-electron chi connectivity index (χ0n) is 17.6. The standard InChI is InChI=1S/C26H27NO3/c1-5-22(21-13-20(15(2)3)24(29)14-25(21)30)27(16(4)28)23-12-11-18-10-9-17-7-6-8-19(23)26(17)18/h5-8,11-15,28-30H,4,9-10H2,1-3H3/b22-5-. The Hall–Kier alpha value is -3.40. The zero-order chi connectivity index (χ0) is 21.6. The lowest BCUT2D eigenvalue weighted by Gasteiger charge is -2.28. The van der Waals surface area contributed by atoms with E-state index < -0.39 is 0 Å². The molecule has 4 rings (SSSR count). The van der Waals surface area contributed by atoms with E-state index in [9.17, 15) is 15.3 Å². The normalized spacial score (nSPS) is 13.3. The monoisotopic (exact) mass is 401 g/mol. The molecule has 0 atom stereocenters. The number of anilines is 1. The van der Waals surface area contributed by atoms with Gasteiger partial charge >= 0.3 is 0 Å². The largest absolute Gasteiger partial charge is 0.508 e. The van der Waals surface area contributed by atoms with Crippen molar-refractivity contribution < 1.29 is 15.3 Å². The molecule has 3 aromatic rings. The van der Waals surface area contributed by atoms with E-state index in [0.29, 0.717) is 11.3 Å². The van der Waals surface area contributed by atoms with Crippen molar-refractivity contribution in [3.05, 3.63) is 83.3 Å². The molecule has 0 saturated carbocycles. The van der Waals surface area contributed by atoms with E-state index in [1.807, 2.05) is 39.0 Å². The highest BCUT2D eigenvalue weighted by atomic mass is 16.3. The number of rotatable bonds is 5. The van der Waals surface area contributed by atoms with Crippen molar-refractivity contribution in [2.75, 3.05) is 4.90 Å². The Balaban J connectivity index is 1.94. The predicted molar refractivity (Wildman–Crippen MR) is 123 cm³/mol. The van der Waals surface area contributed by atoms with Gasteiger partial charge in [0.15, 0.2) is 5.88 Å². The van der Waals surface area contributed by atoms with Crippen LogP contribution in [-0.2, 0) is 12.8 Å². The van der Waals surface area contributed by atoms with Crippen molar-refractivity contribution in [1.29, 1.82) is 0 Å². The van der Waals surface area contributed by atoms with E-state index in [1.54, 1.807) is 11.0 Å². The number of phenols is 2. The third-order valence-electron chi connectivity index (χ3n) is 5.91. The number of hydrogen-bond acceptors (Lipinski definition) is 4. The number of benzene rings is 3. The van der Waals surface area contributed by atoms with Gasteiger partial charge in [-0.1, -0.05) is 44.2 Å². The topological polar surface area (TPSA) is 63.9 Å². The molecule has 4 nitrogen and oxygen atoms in total. The van der Waals surface area contributed by atoms with Gasteiger partial charge in [0.2, 0.25) is 0 Å². The van der Waals surface area contributed by atoms with Crippen LogP contribution in [0.25, 0.3) is 16.5 Å². The summed E-state index contributed by atoms with van der Waals surface area (Å²) in [4.78, 5) is 1.66. The molecule has 0 saturated heterocycles. The smallest absolute Gasteiger partial charge is 0.188 e. The molecule has 154 valence electrons. The van der Waals surface area contributed by atoms with Crippen LogP contribution in [0.3, 0.4) is 0 Å². The molecule has 0 aromatic heterocycles. The lowest BCUT2D eigenvalue weighted by molar-refractivity contribution is 0.406. The Labute approximate surface area is 177 Å². The van der Waals surface area contributed by atoms with E-state index in [2.05, 4.69) is 24.8 Å². The quantitative estimate of drug-likeness (QED) is 0.435. The molecule has 1 aliphatic rings. The summed E-state index contributed by atoms with van der Waals surface area (Å²) in [6.07, 6.45) is 3.87. The van der Waals surface area contributed by atoms with Gasteiger partial charge in [-0.2, -0.15) is 0 Å². The van der Waals surface area contributed by atoms with Crippen LogP contribution in [-0.4, -0.2) is 15.3 Å². The van der Waals surface area contributed by atoms with Crippen LogP contribution in [0.2, 0.25) is 0 Å². The molecule has 1 aliphatic carbocycles. The fourth-order valence-corrected chi connectivity index (χ4v) is 4.50. The summed E-state index contributed by atoms with van der Waals surface area (Å²) in [6, 6.07) is 13.5. The van der Waals surface area contributed by atoms with Gasteiger partial charge in [0.05, 0.1) is 11.4 Å². The molecule has 30 heavy (non-hydrogen) atoms. The van der Waals surface area contributed by atoms with Gasteiger partial charge in [-0.3, -0.25) is 4.90 Å². The van der Waals surface area contributed by atoms with Gasteiger partial charge in [-0.05, 0) is 66.5 Å². The molecule has 0 radical (unpaired) electrons. The van der Waals surface area contributed by atoms with E-state index in [0.717, 1.165) is 29.5 Å². The predicted octanol–water partition coefficient (Wildman–Crippen LogP) is 6.37. The number of aliphatic hydroxyl groups excluding tert-OH is 1. The first kappa shape index (κ1) is 19.9. The highest BCUT2D eigenvalue weighted by molar-refractivity contribution is 6.03. The highest BCUT2D eigenvalue weighted by Gasteiger charge is 2.25. The fourth-order valence-electron chi connectivity index (χ4n) is 4.50. The van der Waals surface area contributed by atoms with Crippen molar-refractivity contribution in [2.45, 2.75) is 39.5 Å². The highest BCUT2D eigenvalue weighted by Crippen LogP contribution is 2.43. The van der Waals surface area contributed by atoms with Crippen molar-refractivity contribution in [2.24, 2.45) is 0 Å². The number of hydrogen-bond donors (Lipinski definition) is 3. The van der Waals surface area contributed by atoms with Gasteiger partial charge in [0.25, 0.3) is 0 Å². The lowest BCUT2D eigenvalue weighted by atomic mass is 9.96. The maximum atomic E-state index is 10.6. The van der Waals surface area contributed by atoms with Crippen molar-refractivity contribution in [3.63, 3.8) is 0 Å². The zero-order valence-corrected chi connectivity index (χ0v) is 17.6. The average Bonchev–Trinajstić information content (AvgIpc) is 3.12. The summed E-state index contributed by atoms with van der Waals surface area (Å²) in [7, 11) is 0. The summed E-state index contributed by atoms with van der Waals surface area (Å²) in [6.45, 7) is 9.63. The molecule has 0 bridgehead atoms. The fraction of sp³-hybridized carbons (Fsp3) is 0.231. The van der Waals surface area contributed by atoms with Gasteiger partial charge in [0.1, 0.15) is 11.5 Å². The molecule has 3 N–H and O–H groups in total. The second-order valence-electron chi connectivity index (χ2n) is 8.09. The Bertz CT molecular complexity index is 1180. The Morgan fingerprint density at radius 1 is 1.03 bits per heavy atom. The maximum Gasteiger partial charge on any atom is 0.188 e. The second-order valence-corrected chi connectivity index (χ2v) is 8.09. The molecule has 3 aromatic carbocycles. The minimum absolute atomic E-state index is 0.0535. The van der Waals surface area contributed by atoms with Crippen LogP contribution in [0, 0.1) is 0 Å². The average molecular weight is 402 g/mol. The number of nitrogens with zero attached hydrogens (tertiary/aromatic N) is 1. The first-order valence-electron chi connectivity index (χ1n) is 10.3. The molecule has 0 fully saturated rings. The van der Waals surface area contributed by atoms with Crippen LogP contribution < -0.4 is 4.90 Å². The van der Waals surface area contributed by atoms with Crippen LogP contribution in [0.1, 0.15) is 48.9 Å². The van der Waals surface area contributed by atoms with E-state index in [4.69, 9.17) is 0 Å². The van der Waals surface area contributed by atoms with E-state index >= 15 is 0 Å². The molecule has 0 aliphatic heterocycles. The molecule has 4 heteroatoms. The third-order valence-corrected chi connectivity index (χ3v) is 5.91. The first-order chi connectivity index (χ1) is 14.3. The number of aromatic hydroxyl groups is 2. The maximum absolute atomic E-state index is 10.6. The van der Waals surface area contributed by atoms with Crippen LogP contribution in [0.15, 0.2) is 61.0 Å². The molecular formula is C26H27NO3. The molecule has 0 unspecified atom stereocenters. The summed E-state index contributed by atoms with van der Waals surface area (Å²) in [5.41, 5.74) is 5.27. The summed E-state index contributed by atoms with van der Waals surface area (Å²) >= 11 is 0. The van der Waals surface area contributed by atoms with Crippen LogP contribution in [0.5, 0.6) is 11.5 Å². The summed E-state index contributed by atoms with van der Waals surface area (Å²) in [5, 5.41) is 33.8. The van der Waals surface area contributed by atoms with Crippen molar-refractivity contribution in [1.82, 2.24) is 0 Å². The minimum Gasteiger partial charge on any atom is -0.508 e. The Kier molecular flexibility index (Phi) is 4.94. The third kappa shape index (κ3) is 3.09. The van der Waals surface area contributed by atoms with Gasteiger partial charge in [0, 0.05) is 17.0 Å². The van der Waals surface area contributed by atoms with Crippen LogP contribution in [0.4, 0.5) is 5.69 Å². The first-order valence-corrected chi connectivity index (χ1v) is 10.3. The summed E-state index contributed by atoms with van der Waals surface area (Å²) in [5.74, 6) is -0.0611. The van der Waals surface area contributed by atoms with E-state index in [-0.39, 0.29) is 23.3 Å². The van der Waals surface area contributed by atoms with Gasteiger partial charge < -0.3 is 15.3 Å². The minimum atomic E-state index is -0.139. The van der Waals surface area contributed by atoms with Crippen LogP contribution >= 0.6 is 0 Å². The lowest BCUT2D eigenvalue weighted by Crippen LogP contribution is -2.20. The molecule has 0 spiro atoms. The molecule has 0 heterocycles. The number of aliphatic hydroxyl groups is 1. The number of aryl methyl sites for hydroxylation is 2. The van der Waals surface area contributed by atoms with Gasteiger partial charge in [-0.25, -0.2) is 0 Å². The Morgan fingerprint density at radius 3 is 2.37 bits per heavy atom. The number of phenolic OH excluding ortho intramolecular Hbond substituents is 2. The SMILES string of the molecule is C=C(O)N(/C(=C\C)c1cc(C(C)C)c(O)cc1O)c1ccc2c3c(cccc13)CC2. The van der Waals surface area contributed by atoms with Crippen molar-refractivity contribution in [3.8, 4) is 11.5 Å². The number of allylic oxidation sites excluding steroid dienone is 1. The molecular weight excluding hydrogens is 374 g/mol. The van der Waals surface area contributed by atoms with Gasteiger partial charge in [-0.15, -0.1) is 0 Å². The Morgan fingerprint density at radius 2 is 1.73 bits per heavy atom. The van der Waals surface area contributed by atoms with Crippen molar-refractivity contribution >= 4 is 22.2 Å². The second kappa shape index (κ2) is 7.45.